The highest BCUT2D eigenvalue weighted by Crippen LogP contribution is 1.93. The normalized spacial score (nSPS) is 10.6. The number of nitrogens with one attached hydrogen (secondary N) is 2. The van der Waals surface area contributed by atoms with Crippen molar-refractivity contribution in [1.29, 1.82) is 0 Å². The Balaban J connectivity index is 3.44. The van der Waals surface area contributed by atoms with Gasteiger partial charge < -0.3 is 20.6 Å². The molecule has 0 spiro atoms. The summed E-state index contributed by atoms with van der Waals surface area (Å²) < 4.78 is 0. The Kier molecular flexibility index (Phi) is 7.28. The van der Waals surface area contributed by atoms with Crippen molar-refractivity contribution in [3.05, 3.63) is 0 Å². The minimum absolute atomic E-state index is 0.349. The number of carbonyl (C=O) groups is 2. The fourth-order valence-electron chi connectivity index (χ4n) is 1.01. The first-order valence-electron chi connectivity index (χ1n) is 5.37. The zero-order chi connectivity index (χ0) is 12.6. The van der Waals surface area contributed by atoms with Crippen LogP contribution in [-0.2, 0) is 4.79 Å². The number of nitrogens with zero attached hydrogens (tertiary/aromatic N) is 1. The van der Waals surface area contributed by atoms with E-state index in [1.165, 1.54) is 0 Å². The van der Waals surface area contributed by atoms with E-state index in [9.17, 15) is 9.59 Å². The van der Waals surface area contributed by atoms with E-state index in [0.717, 1.165) is 13.0 Å². The summed E-state index contributed by atoms with van der Waals surface area (Å²) in [6.45, 7) is 5.30. The van der Waals surface area contributed by atoms with Gasteiger partial charge in [0.2, 0.25) is 0 Å². The summed E-state index contributed by atoms with van der Waals surface area (Å²) in [5, 5.41) is 13.1. The van der Waals surface area contributed by atoms with Gasteiger partial charge in [-0.3, -0.25) is 4.79 Å². The predicted molar refractivity (Wildman–Crippen MR) is 61.4 cm³/mol. The van der Waals surface area contributed by atoms with Crippen LogP contribution in [0.5, 0.6) is 0 Å². The summed E-state index contributed by atoms with van der Waals surface area (Å²) >= 11 is 0. The van der Waals surface area contributed by atoms with Crippen molar-refractivity contribution in [2.24, 2.45) is 0 Å². The van der Waals surface area contributed by atoms with Gasteiger partial charge >= 0.3 is 12.0 Å². The average molecular weight is 231 g/mol. The van der Waals surface area contributed by atoms with Crippen molar-refractivity contribution in [2.75, 3.05) is 26.7 Å². The average Bonchev–Trinajstić information content (AvgIpc) is 2.20. The first-order chi connectivity index (χ1) is 7.43. The maximum absolute atomic E-state index is 11.0. The van der Waals surface area contributed by atoms with Gasteiger partial charge in [0.05, 0.1) is 0 Å². The highest BCUT2D eigenvalue weighted by Gasteiger charge is 2.04. The van der Waals surface area contributed by atoms with E-state index < -0.39 is 12.0 Å². The second-order valence-electron chi connectivity index (χ2n) is 3.93. The lowest BCUT2D eigenvalue weighted by atomic mass is 10.3. The molecular weight excluding hydrogens is 210 g/mol. The van der Waals surface area contributed by atoms with Crippen LogP contribution in [0.1, 0.15) is 20.3 Å². The van der Waals surface area contributed by atoms with Crippen LogP contribution in [0, 0.1) is 0 Å². The molecule has 0 radical (unpaired) electrons. The fraction of sp³-hybridized carbons (Fsp3) is 0.800. The zero-order valence-electron chi connectivity index (χ0n) is 10.1. The van der Waals surface area contributed by atoms with Crippen LogP contribution >= 0.6 is 0 Å². The smallest absolute Gasteiger partial charge is 0.323 e. The van der Waals surface area contributed by atoms with E-state index in [-0.39, 0.29) is 6.54 Å². The van der Waals surface area contributed by atoms with Crippen LogP contribution in [0.25, 0.3) is 0 Å². The molecule has 0 aromatic carbocycles. The van der Waals surface area contributed by atoms with Crippen molar-refractivity contribution >= 4 is 12.0 Å². The van der Waals surface area contributed by atoms with Crippen LogP contribution in [0.4, 0.5) is 4.79 Å². The Morgan fingerprint density at radius 2 is 1.94 bits per heavy atom. The number of rotatable bonds is 7. The largest absolute Gasteiger partial charge is 0.480 e. The molecule has 3 N–H and O–H groups in total. The summed E-state index contributed by atoms with van der Waals surface area (Å²) in [4.78, 5) is 23.4. The number of carbonyl (C=O) groups excluding carboxylic acids is 1. The molecular formula is C10H21N3O3. The monoisotopic (exact) mass is 231 g/mol. The molecule has 2 amide bonds. The van der Waals surface area contributed by atoms with Crippen LogP contribution in [0.2, 0.25) is 0 Å². The molecule has 0 saturated heterocycles. The third kappa shape index (κ3) is 8.05. The van der Waals surface area contributed by atoms with Crippen LogP contribution in [0.15, 0.2) is 0 Å². The van der Waals surface area contributed by atoms with Gasteiger partial charge in [-0.25, -0.2) is 4.79 Å². The standard InChI is InChI=1S/C10H21N3O3/c1-8(2)13(3)6-4-5-11-10(16)12-7-9(14)15/h8H,4-7H2,1-3H3,(H,14,15)(H2,11,12,16). The van der Waals surface area contributed by atoms with E-state index in [0.29, 0.717) is 12.6 Å². The third-order valence-corrected chi connectivity index (χ3v) is 2.25. The van der Waals surface area contributed by atoms with Crippen LogP contribution in [0.3, 0.4) is 0 Å². The van der Waals surface area contributed by atoms with Gasteiger partial charge in [-0.1, -0.05) is 0 Å². The maximum atomic E-state index is 11.0. The van der Waals surface area contributed by atoms with Crippen molar-refractivity contribution < 1.29 is 14.7 Å². The number of aliphatic carboxylic acids is 1. The molecule has 0 unspecified atom stereocenters. The number of carboxylic acids is 1. The van der Waals surface area contributed by atoms with Crippen molar-refractivity contribution in [2.45, 2.75) is 26.3 Å². The van der Waals surface area contributed by atoms with Gasteiger partial charge in [0.1, 0.15) is 6.54 Å². The second-order valence-corrected chi connectivity index (χ2v) is 3.93. The molecule has 6 heteroatoms. The topological polar surface area (TPSA) is 81.7 Å². The number of carboxylic acid groups (broad SMARTS) is 1. The first-order valence-corrected chi connectivity index (χ1v) is 5.37. The lowest BCUT2D eigenvalue weighted by Gasteiger charge is -2.20. The lowest BCUT2D eigenvalue weighted by molar-refractivity contribution is -0.135. The van der Waals surface area contributed by atoms with Gasteiger partial charge in [0.25, 0.3) is 0 Å². The highest BCUT2D eigenvalue weighted by atomic mass is 16.4. The van der Waals surface area contributed by atoms with Gasteiger partial charge in [-0.2, -0.15) is 0 Å². The van der Waals surface area contributed by atoms with E-state index in [1.807, 2.05) is 7.05 Å². The van der Waals surface area contributed by atoms with E-state index >= 15 is 0 Å². The highest BCUT2D eigenvalue weighted by molar-refractivity contribution is 5.79. The van der Waals surface area contributed by atoms with Gasteiger partial charge in [0.15, 0.2) is 0 Å². The summed E-state index contributed by atoms with van der Waals surface area (Å²) in [6, 6.07) is 0.0513. The molecule has 0 aliphatic rings. The second kappa shape index (κ2) is 7.92. The Labute approximate surface area is 96.0 Å². The minimum Gasteiger partial charge on any atom is -0.480 e. The summed E-state index contributed by atoms with van der Waals surface area (Å²) in [6.07, 6.45) is 0.842. The number of hydrogen-bond donors (Lipinski definition) is 3. The molecule has 0 aliphatic carbocycles. The molecule has 0 heterocycles. The third-order valence-electron chi connectivity index (χ3n) is 2.25. The van der Waals surface area contributed by atoms with Crippen molar-refractivity contribution in [1.82, 2.24) is 15.5 Å². The summed E-state index contributed by atoms with van der Waals surface area (Å²) in [5.74, 6) is -1.05. The molecule has 0 aromatic rings. The SMILES string of the molecule is CC(C)N(C)CCCNC(=O)NCC(=O)O. The summed E-state index contributed by atoms with van der Waals surface area (Å²) in [7, 11) is 2.02. The molecule has 0 fully saturated rings. The Morgan fingerprint density at radius 1 is 1.31 bits per heavy atom. The number of hydrogen-bond acceptors (Lipinski definition) is 3. The van der Waals surface area contributed by atoms with E-state index in [4.69, 9.17) is 5.11 Å². The van der Waals surface area contributed by atoms with Gasteiger partial charge in [0, 0.05) is 12.6 Å². The fourth-order valence-corrected chi connectivity index (χ4v) is 1.01. The van der Waals surface area contributed by atoms with Gasteiger partial charge in [-0.05, 0) is 33.9 Å². The predicted octanol–water partition coefficient (Wildman–Crippen LogP) is 0.101. The quantitative estimate of drug-likeness (QED) is 0.543. The molecule has 0 bridgehead atoms. The molecule has 0 atom stereocenters. The van der Waals surface area contributed by atoms with Crippen LogP contribution < -0.4 is 10.6 Å². The Bertz CT molecular complexity index is 231. The molecule has 0 aromatic heterocycles. The van der Waals surface area contributed by atoms with E-state index in [1.54, 1.807) is 0 Å². The van der Waals surface area contributed by atoms with Crippen molar-refractivity contribution in [3.8, 4) is 0 Å². The number of urea groups is 1. The molecule has 0 rings (SSSR count). The molecule has 0 saturated carbocycles. The molecule has 6 nitrogen and oxygen atoms in total. The molecule has 94 valence electrons. The molecule has 0 aliphatic heterocycles. The first kappa shape index (κ1) is 14.7. The molecule has 16 heavy (non-hydrogen) atoms. The summed E-state index contributed by atoms with van der Waals surface area (Å²) in [5.41, 5.74) is 0. The lowest BCUT2D eigenvalue weighted by Crippen LogP contribution is -2.39. The van der Waals surface area contributed by atoms with Crippen LogP contribution in [-0.4, -0.2) is 54.7 Å². The number of amides is 2. The van der Waals surface area contributed by atoms with E-state index in [2.05, 4.69) is 29.4 Å². The Morgan fingerprint density at radius 3 is 2.44 bits per heavy atom. The Hall–Kier alpha value is -1.30. The maximum Gasteiger partial charge on any atom is 0.323 e. The minimum atomic E-state index is -1.05. The van der Waals surface area contributed by atoms with Gasteiger partial charge in [-0.15, -0.1) is 0 Å². The zero-order valence-corrected chi connectivity index (χ0v) is 10.1. The van der Waals surface area contributed by atoms with Crippen molar-refractivity contribution in [3.63, 3.8) is 0 Å².